The molecule has 4 heteroatoms. The number of amides is 1. The average Bonchev–Trinajstić information content (AvgIpc) is 2.64. The Hall–Kier alpha value is -1.55. The van der Waals surface area contributed by atoms with Gasteiger partial charge >= 0.3 is 0 Å². The number of methoxy groups -OCH3 is 1. The van der Waals surface area contributed by atoms with E-state index in [1.165, 1.54) is 0 Å². The summed E-state index contributed by atoms with van der Waals surface area (Å²) in [5, 5.41) is 13.0. The Balaban J connectivity index is 2.07. The van der Waals surface area contributed by atoms with Crippen LogP contribution in [0.5, 0.6) is 5.75 Å². The topological polar surface area (TPSA) is 58.6 Å². The van der Waals surface area contributed by atoms with Crippen LogP contribution in [0.1, 0.15) is 48.0 Å². The quantitative estimate of drug-likeness (QED) is 0.834. The van der Waals surface area contributed by atoms with Gasteiger partial charge in [-0.2, -0.15) is 0 Å². The van der Waals surface area contributed by atoms with Gasteiger partial charge < -0.3 is 15.2 Å². The van der Waals surface area contributed by atoms with Crippen molar-refractivity contribution < 1.29 is 14.6 Å². The van der Waals surface area contributed by atoms with Crippen molar-refractivity contribution in [2.45, 2.75) is 51.2 Å². The molecule has 0 radical (unpaired) electrons. The maximum absolute atomic E-state index is 12.3. The van der Waals surface area contributed by atoms with Gasteiger partial charge in [-0.25, -0.2) is 0 Å². The number of hydrogen-bond acceptors (Lipinski definition) is 3. The van der Waals surface area contributed by atoms with E-state index in [2.05, 4.69) is 5.32 Å². The van der Waals surface area contributed by atoms with E-state index in [-0.39, 0.29) is 11.9 Å². The zero-order chi connectivity index (χ0) is 14.5. The number of carbonyl (C=O) groups is 1. The van der Waals surface area contributed by atoms with Crippen LogP contribution in [0.4, 0.5) is 0 Å². The third-order valence-electron chi connectivity index (χ3n) is 3.97. The second-order valence-corrected chi connectivity index (χ2v) is 5.47. The van der Waals surface area contributed by atoms with Crippen molar-refractivity contribution in [3.63, 3.8) is 0 Å². The van der Waals surface area contributed by atoms with Crippen molar-refractivity contribution in [1.82, 2.24) is 5.32 Å². The Morgan fingerprint density at radius 1 is 1.30 bits per heavy atom. The van der Waals surface area contributed by atoms with Gasteiger partial charge in [0.15, 0.2) is 0 Å². The first-order valence-corrected chi connectivity index (χ1v) is 7.25. The predicted octanol–water partition coefficient (Wildman–Crippen LogP) is 2.43. The molecule has 0 aliphatic heterocycles. The Labute approximate surface area is 120 Å². The minimum atomic E-state index is -0.436. The molecule has 4 nitrogen and oxygen atoms in total. The summed E-state index contributed by atoms with van der Waals surface area (Å²) in [5.41, 5.74) is 1.57. The summed E-state index contributed by atoms with van der Waals surface area (Å²) in [6.45, 7) is 1.94. The molecule has 1 aromatic carbocycles. The van der Waals surface area contributed by atoms with Crippen LogP contribution >= 0.6 is 0 Å². The molecular formula is C16H23NO3. The molecule has 1 fully saturated rings. The van der Waals surface area contributed by atoms with Gasteiger partial charge in [-0.05, 0) is 37.5 Å². The molecule has 0 aromatic heterocycles. The summed E-state index contributed by atoms with van der Waals surface area (Å²) in [4.78, 5) is 12.3. The number of hydrogen-bond donors (Lipinski definition) is 2. The van der Waals surface area contributed by atoms with Crippen molar-refractivity contribution >= 4 is 5.91 Å². The van der Waals surface area contributed by atoms with E-state index < -0.39 is 6.10 Å². The van der Waals surface area contributed by atoms with Gasteiger partial charge in [-0.15, -0.1) is 0 Å². The molecule has 1 aliphatic rings. The fraction of sp³-hybridized carbons (Fsp3) is 0.562. The fourth-order valence-electron chi connectivity index (χ4n) is 2.67. The van der Waals surface area contributed by atoms with Crippen LogP contribution in [-0.2, 0) is 0 Å². The number of rotatable bonds is 3. The molecule has 2 rings (SSSR count). The van der Waals surface area contributed by atoms with Gasteiger partial charge in [0, 0.05) is 5.56 Å². The average molecular weight is 277 g/mol. The number of aliphatic hydroxyl groups is 1. The van der Waals surface area contributed by atoms with Crippen LogP contribution in [0.3, 0.4) is 0 Å². The molecule has 0 heterocycles. The summed E-state index contributed by atoms with van der Waals surface area (Å²) >= 11 is 0. The third kappa shape index (κ3) is 3.51. The fourth-order valence-corrected chi connectivity index (χ4v) is 2.67. The molecule has 1 aromatic rings. The Morgan fingerprint density at radius 2 is 2.05 bits per heavy atom. The summed E-state index contributed by atoms with van der Waals surface area (Å²) < 4.78 is 5.24. The lowest BCUT2D eigenvalue weighted by Gasteiger charge is -2.22. The van der Waals surface area contributed by atoms with Crippen LogP contribution in [0.25, 0.3) is 0 Å². The van der Waals surface area contributed by atoms with Gasteiger partial charge in [0.05, 0.1) is 19.3 Å². The highest BCUT2D eigenvalue weighted by molar-refractivity contribution is 5.95. The monoisotopic (exact) mass is 277 g/mol. The van der Waals surface area contributed by atoms with Gasteiger partial charge in [-0.1, -0.05) is 25.3 Å². The number of benzene rings is 1. The van der Waals surface area contributed by atoms with Crippen molar-refractivity contribution in [2.24, 2.45) is 0 Å². The maximum Gasteiger partial charge on any atom is 0.251 e. The normalized spacial score (nSPS) is 22.9. The van der Waals surface area contributed by atoms with E-state index in [1.807, 2.05) is 13.0 Å². The van der Waals surface area contributed by atoms with E-state index in [0.29, 0.717) is 11.3 Å². The standard InChI is InChI=1S/C16H23NO3/c1-11-8-9-12(10-15(11)20-2)16(19)17-13-6-4-3-5-7-14(13)18/h8-10,13-14,18H,3-7H2,1-2H3,(H,17,19). The smallest absolute Gasteiger partial charge is 0.251 e. The summed E-state index contributed by atoms with van der Waals surface area (Å²) in [6, 6.07) is 5.26. The zero-order valence-electron chi connectivity index (χ0n) is 12.2. The highest BCUT2D eigenvalue weighted by Crippen LogP contribution is 2.21. The molecule has 0 bridgehead atoms. The van der Waals surface area contributed by atoms with Crippen molar-refractivity contribution in [3.05, 3.63) is 29.3 Å². The molecule has 2 N–H and O–H groups in total. The van der Waals surface area contributed by atoms with Crippen LogP contribution in [-0.4, -0.2) is 30.3 Å². The third-order valence-corrected chi connectivity index (χ3v) is 3.97. The molecule has 1 aliphatic carbocycles. The molecule has 2 atom stereocenters. The van der Waals surface area contributed by atoms with Gasteiger partial charge in [0.2, 0.25) is 0 Å². The Morgan fingerprint density at radius 3 is 2.80 bits per heavy atom. The van der Waals surface area contributed by atoms with Crippen molar-refractivity contribution in [1.29, 1.82) is 0 Å². The SMILES string of the molecule is COc1cc(C(=O)NC2CCCCCC2O)ccc1C. The summed E-state index contributed by atoms with van der Waals surface area (Å²) in [5.74, 6) is 0.563. The van der Waals surface area contributed by atoms with E-state index in [9.17, 15) is 9.90 Å². The zero-order valence-corrected chi connectivity index (χ0v) is 12.2. The molecule has 2 unspecified atom stereocenters. The van der Waals surface area contributed by atoms with Crippen LogP contribution in [0.15, 0.2) is 18.2 Å². The summed E-state index contributed by atoms with van der Waals surface area (Å²) in [7, 11) is 1.60. The van der Waals surface area contributed by atoms with Gasteiger partial charge in [0.1, 0.15) is 5.75 Å². The second-order valence-electron chi connectivity index (χ2n) is 5.47. The van der Waals surface area contributed by atoms with Crippen molar-refractivity contribution in [2.75, 3.05) is 7.11 Å². The van der Waals surface area contributed by atoms with E-state index in [0.717, 1.165) is 37.7 Å². The molecule has 110 valence electrons. The molecule has 20 heavy (non-hydrogen) atoms. The first-order valence-electron chi connectivity index (χ1n) is 7.25. The van der Waals surface area contributed by atoms with Gasteiger partial charge in [0.25, 0.3) is 5.91 Å². The van der Waals surface area contributed by atoms with E-state index in [1.54, 1.807) is 19.2 Å². The molecule has 1 amide bonds. The summed E-state index contributed by atoms with van der Waals surface area (Å²) in [6.07, 6.45) is 4.39. The number of carbonyl (C=O) groups excluding carboxylic acids is 1. The minimum absolute atomic E-state index is 0.141. The Kier molecular flexibility index (Phi) is 5.01. The lowest BCUT2D eigenvalue weighted by atomic mass is 10.0. The lowest BCUT2D eigenvalue weighted by molar-refractivity contribution is 0.0818. The molecule has 1 saturated carbocycles. The second kappa shape index (κ2) is 6.75. The number of ether oxygens (including phenoxy) is 1. The highest BCUT2D eigenvalue weighted by atomic mass is 16.5. The number of aryl methyl sites for hydroxylation is 1. The largest absolute Gasteiger partial charge is 0.496 e. The van der Waals surface area contributed by atoms with Gasteiger partial charge in [-0.3, -0.25) is 4.79 Å². The van der Waals surface area contributed by atoms with Crippen LogP contribution < -0.4 is 10.1 Å². The molecular weight excluding hydrogens is 254 g/mol. The van der Waals surface area contributed by atoms with E-state index in [4.69, 9.17) is 4.74 Å². The number of nitrogens with one attached hydrogen (secondary N) is 1. The minimum Gasteiger partial charge on any atom is -0.496 e. The first-order chi connectivity index (χ1) is 9.61. The molecule has 0 spiro atoms. The number of aliphatic hydroxyl groups excluding tert-OH is 1. The van der Waals surface area contributed by atoms with Crippen molar-refractivity contribution in [3.8, 4) is 5.75 Å². The van der Waals surface area contributed by atoms with Crippen LogP contribution in [0.2, 0.25) is 0 Å². The van der Waals surface area contributed by atoms with E-state index >= 15 is 0 Å². The predicted molar refractivity (Wildman–Crippen MR) is 78.1 cm³/mol. The highest BCUT2D eigenvalue weighted by Gasteiger charge is 2.23. The first kappa shape index (κ1) is 14.9. The maximum atomic E-state index is 12.3. The van der Waals surface area contributed by atoms with Crippen LogP contribution in [0, 0.1) is 6.92 Å². The molecule has 0 saturated heterocycles. The Bertz CT molecular complexity index is 473. The lowest BCUT2D eigenvalue weighted by Crippen LogP contribution is -2.42.